The van der Waals surface area contributed by atoms with Crippen molar-refractivity contribution in [3.63, 3.8) is 0 Å². The van der Waals surface area contributed by atoms with Gasteiger partial charge in [0.15, 0.2) is 0 Å². The molecular formula is C12H12ClN3O2. The van der Waals surface area contributed by atoms with Gasteiger partial charge in [0.1, 0.15) is 5.69 Å². The number of aryl methyl sites for hydroxylation is 1. The van der Waals surface area contributed by atoms with E-state index in [1.807, 2.05) is 30.1 Å². The highest BCUT2D eigenvalue weighted by Gasteiger charge is 2.13. The molecule has 18 heavy (non-hydrogen) atoms. The molecule has 0 radical (unpaired) electrons. The average Bonchev–Trinajstić information content (AvgIpc) is 2.73. The highest BCUT2D eigenvalue weighted by atomic mass is 35.5. The Balaban J connectivity index is 2.16. The van der Waals surface area contributed by atoms with E-state index >= 15 is 0 Å². The lowest BCUT2D eigenvalue weighted by atomic mass is 10.2. The first-order valence-corrected chi connectivity index (χ1v) is 5.73. The molecule has 2 aromatic rings. The van der Waals surface area contributed by atoms with Crippen molar-refractivity contribution in [2.45, 2.75) is 6.54 Å². The number of rotatable bonds is 4. The van der Waals surface area contributed by atoms with Crippen molar-refractivity contribution in [3.8, 4) is 0 Å². The second kappa shape index (κ2) is 5.10. The number of hydrogen-bond donors (Lipinski definition) is 1. The van der Waals surface area contributed by atoms with Crippen LogP contribution in [0.1, 0.15) is 5.56 Å². The number of benzene rings is 1. The summed E-state index contributed by atoms with van der Waals surface area (Å²) in [5.74, 6) is 0. The van der Waals surface area contributed by atoms with Gasteiger partial charge in [0, 0.05) is 37.1 Å². The van der Waals surface area contributed by atoms with Crippen molar-refractivity contribution in [1.29, 1.82) is 0 Å². The topological polar surface area (TPSA) is 60.1 Å². The number of aromatic nitrogens is 1. The number of nitro groups is 1. The van der Waals surface area contributed by atoms with Gasteiger partial charge in [-0.1, -0.05) is 11.6 Å². The zero-order valence-corrected chi connectivity index (χ0v) is 10.5. The summed E-state index contributed by atoms with van der Waals surface area (Å²) in [4.78, 5) is 10.4. The molecule has 0 amide bonds. The van der Waals surface area contributed by atoms with E-state index < -0.39 is 4.92 Å². The summed E-state index contributed by atoms with van der Waals surface area (Å²) in [5.41, 5.74) is 1.51. The number of halogens is 1. The summed E-state index contributed by atoms with van der Waals surface area (Å²) >= 11 is 5.75. The van der Waals surface area contributed by atoms with Gasteiger partial charge in [-0.25, -0.2) is 0 Å². The van der Waals surface area contributed by atoms with E-state index in [1.54, 1.807) is 12.1 Å². The van der Waals surface area contributed by atoms with E-state index in [-0.39, 0.29) is 5.69 Å². The molecule has 0 aliphatic carbocycles. The van der Waals surface area contributed by atoms with Crippen molar-refractivity contribution < 1.29 is 4.92 Å². The first kappa shape index (κ1) is 12.4. The lowest BCUT2D eigenvalue weighted by molar-refractivity contribution is -0.383. The largest absolute Gasteiger partial charge is 0.375 e. The van der Waals surface area contributed by atoms with E-state index in [4.69, 9.17) is 11.6 Å². The number of nitrogens with zero attached hydrogens (tertiary/aromatic N) is 2. The predicted molar refractivity (Wildman–Crippen MR) is 70.8 cm³/mol. The molecule has 0 bridgehead atoms. The maximum Gasteiger partial charge on any atom is 0.293 e. The van der Waals surface area contributed by atoms with E-state index in [0.29, 0.717) is 17.3 Å². The Morgan fingerprint density at radius 3 is 2.83 bits per heavy atom. The third-order valence-corrected chi connectivity index (χ3v) is 2.77. The summed E-state index contributed by atoms with van der Waals surface area (Å²) < 4.78 is 1.92. The van der Waals surface area contributed by atoms with Crippen molar-refractivity contribution in [1.82, 2.24) is 4.57 Å². The van der Waals surface area contributed by atoms with Crippen molar-refractivity contribution in [2.75, 3.05) is 5.32 Å². The number of anilines is 1. The second-order valence-corrected chi connectivity index (χ2v) is 4.39. The third kappa shape index (κ3) is 2.81. The molecule has 2 rings (SSSR count). The van der Waals surface area contributed by atoms with Crippen LogP contribution < -0.4 is 5.32 Å². The Morgan fingerprint density at radius 1 is 1.44 bits per heavy atom. The summed E-state index contributed by atoms with van der Waals surface area (Å²) in [5, 5.41) is 14.3. The van der Waals surface area contributed by atoms with E-state index in [1.165, 1.54) is 6.07 Å². The molecule has 1 aromatic heterocycles. The van der Waals surface area contributed by atoms with Crippen LogP contribution in [0, 0.1) is 10.1 Å². The third-order valence-electron chi connectivity index (χ3n) is 2.53. The van der Waals surface area contributed by atoms with Gasteiger partial charge in [0.25, 0.3) is 5.69 Å². The van der Waals surface area contributed by atoms with E-state index in [0.717, 1.165) is 5.56 Å². The quantitative estimate of drug-likeness (QED) is 0.682. The van der Waals surface area contributed by atoms with Crippen LogP contribution in [-0.2, 0) is 13.6 Å². The first-order valence-electron chi connectivity index (χ1n) is 5.35. The van der Waals surface area contributed by atoms with Crippen LogP contribution in [0.15, 0.2) is 36.7 Å². The molecule has 94 valence electrons. The highest BCUT2D eigenvalue weighted by molar-refractivity contribution is 6.30. The molecule has 0 aliphatic rings. The van der Waals surface area contributed by atoms with Crippen LogP contribution in [0.3, 0.4) is 0 Å². The standard InChI is InChI=1S/C12H12ClN3O2/c1-15-5-4-9(8-15)7-14-11-3-2-10(13)6-12(11)16(17)18/h2-6,8,14H,7H2,1H3. The zero-order chi connectivity index (χ0) is 13.1. The number of nitro benzene ring substituents is 1. The molecule has 0 saturated carbocycles. The smallest absolute Gasteiger partial charge is 0.293 e. The molecule has 0 spiro atoms. The van der Waals surface area contributed by atoms with Crippen LogP contribution in [-0.4, -0.2) is 9.49 Å². The number of hydrogen-bond acceptors (Lipinski definition) is 3. The Hall–Kier alpha value is -2.01. The first-order chi connectivity index (χ1) is 8.56. The fourth-order valence-corrected chi connectivity index (χ4v) is 1.83. The van der Waals surface area contributed by atoms with Gasteiger partial charge in [-0.2, -0.15) is 0 Å². The van der Waals surface area contributed by atoms with Crippen LogP contribution in [0.5, 0.6) is 0 Å². The normalized spacial score (nSPS) is 10.3. The maximum atomic E-state index is 10.9. The summed E-state index contributed by atoms with van der Waals surface area (Å²) in [6.45, 7) is 0.531. The molecule has 0 aliphatic heterocycles. The predicted octanol–water partition coefficient (Wildman–Crippen LogP) is 3.20. The SMILES string of the molecule is Cn1ccc(CNc2ccc(Cl)cc2[N+](=O)[O-])c1. The Bertz CT molecular complexity index is 580. The van der Waals surface area contributed by atoms with Gasteiger partial charge in [-0.05, 0) is 23.8 Å². The van der Waals surface area contributed by atoms with Gasteiger partial charge in [-0.3, -0.25) is 10.1 Å². The van der Waals surface area contributed by atoms with Crippen LogP contribution in [0.25, 0.3) is 0 Å². The maximum absolute atomic E-state index is 10.9. The minimum Gasteiger partial charge on any atom is -0.375 e. The van der Waals surface area contributed by atoms with Crippen LogP contribution >= 0.6 is 11.6 Å². The van der Waals surface area contributed by atoms with Crippen LogP contribution in [0.4, 0.5) is 11.4 Å². The van der Waals surface area contributed by atoms with Gasteiger partial charge in [0.2, 0.25) is 0 Å². The molecule has 0 saturated heterocycles. The number of nitrogens with one attached hydrogen (secondary N) is 1. The Kier molecular flexibility index (Phi) is 3.53. The van der Waals surface area contributed by atoms with Gasteiger partial charge in [0.05, 0.1) is 4.92 Å². The lowest BCUT2D eigenvalue weighted by Crippen LogP contribution is -2.02. The monoisotopic (exact) mass is 265 g/mol. The van der Waals surface area contributed by atoms with Crippen molar-refractivity contribution in [3.05, 3.63) is 57.4 Å². The molecule has 5 nitrogen and oxygen atoms in total. The lowest BCUT2D eigenvalue weighted by Gasteiger charge is -2.06. The average molecular weight is 266 g/mol. The fourth-order valence-electron chi connectivity index (χ4n) is 1.67. The van der Waals surface area contributed by atoms with Crippen LogP contribution in [0.2, 0.25) is 5.02 Å². The Morgan fingerprint density at radius 2 is 2.22 bits per heavy atom. The summed E-state index contributed by atoms with van der Waals surface area (Å²) in [6, 6.07) is 6.54. The van der Waals surface area contributed by atoms with E-state index in [2.05, 4.69) is 5.32 Å². The van der Waals surface area contributed by atoms with Crippen molar-refractivity contribution >= 4 is 23.0 Å². The van der Waals surface area contributed by atoms with Crippen molar-refractivity contribution in [2.24, 2.45) is 7.05 Å². The molecule has 0 unspecified atom stereocenters. The molecule has 1 N–H and O–H groups in total. The Labute approximate surface area is 109 Å². The molecule has 0 atom stereocenters. The van der Waals surface area contributed by atoms with Gasteiger partial charge < -0.3 is 9.88 Å². The van der Waals surface area contributed by atoms with Gasteiger partial charge >= 0.3 is 0 Å². The molecule has 1 heterocycles. The summed E-state index contributed by atoms with van der Waals surface area (Å²) in [6.07, 6.45) is 3.88. The molecule has 0 fully saturated rings. The van der Waals surface area contributed by atoms with Gasteiger partial charge in [-0.15, -0.1) is 0 Å². The minimum atomic E-state index is -0.445. The molecule has 6 heteroatoms. The second-order valence-electron chi connectivity index (χ2n) is 3.96. The summed E-state index contributed by atoms with van der Waals surface area (Å²) in [7, 11) is 1.92. The molecule has 1 aromatic carbocycles. The minimum absolute atomic E-state index is 0.0153. The zero-order valence-electron chi connectivity index (χ0n) is 9.76. The highest BCUT2D eigenvalue weighted by Crippen LogP contribution is 2.28. The molecular weight excluding hydrogens is 254 g/mol. The van der Waals surface area contributed by atoms with E-state index in [9.17, 15) is 10.1 Å². The fraction of sp³-hybridized carbons (Fsp3) is 0.167.